The lowest BCUT2D eigenvalue weighted by Crippen LogP contribution is -2.57. The van der Waals surface area contributed by atoms with Crippen LogP contribution in [0.15, 0.2) is 0 Å². The van der Waals surface area contributed by atoms with E-state index in [1.807, 2.05) is 0 Å². The van der Waals surface area contributed by atoms with Crippen LogP contribution in [0.4, 0.5) is 0 Å². The second-order valence-corrected chi connectivity index (χ2v) is 7.76. The molecule has 0 heterocycles. The molecule has 0 aromatic rings. The van der Waals surface area contributed by atoms with Crippen molar-refractivity contribution in [2.24, 2.45) is 22.7 Å². The Hall–Kier alpha value is -0.570. The van der Waals surface area contributed by atoms with Gasteiger partial charge in [0.1, 0.15) is 6.04 Å². The van der Waals surface area contributed by atoms with Crippen LogP contribution in [0.2, 0.25) is 0 Å². The molecule has 3 heteroatoms. The molecule has 2 bridgehead atoms. The molecule has 19 heavy (non-hydrogen) atoms. The molecule has 2 fully saturated rings. The second-order valence-electron chi connectivity index (χ2n) is 7.76. The van der Waals surface area contributed by atoms with Gasteiger partial charge in [-0.3, -0.25) is 4.79 Å². The highest BCUT2D eigenvalue weighted by Gasteiger charge is 2.59. The molecule has 3 unspecified atom stereocenters. The predicted octanol–water partition coefficient (Wildman–Crippen LogP) is 2.99. The van der Waals surface area contributed by atoms with Crippen molar-refractivity contribution in [2.75, 3.05) is 7.11 Å². The number of carbonyl (C=O) groups is 1. The molecule has 1 N–H and O–H groups in total. The van der Waals surface area contributed by atoms with E-state index in [0.29, 0.717) is 11.5 Å². The molecule has 110 valence electrons. The number of hydrogen-bond acceptors (Lipinski definition) is 3. The number of methoxy groups -OCH3 is 1. The van der Waals surface area contributed by atoms with Crippen LogP contribution in [-0.4, -0.2) is 25.2 Å². The van der Waals surface area contributed by atoms with Crippen LogP contribution in [0.3, 0.4) is 0 Å². The summed E-state index contributed by atoms with van der Waals surface area (Å²) < 4.78 is 4.96. The largest absolute Gasteiger partial charge is 0.468 e. The smallest absolute Gasteiger partial charge is 0.323 e. The van der Waals surface area contributed by atoms with Gasteiger partial charge in [0.05, 0.1) is 7.11 Å². The fraction of sp³-hybridized carbons (Fsp3) is 0.938. The lowest BCUT2D eigenvalue weighted by atomic mass is 9.68. The third-order valence-corrected chi connectivity index (χ3v) is 5.74. The minimum absolute atomic E-state index is 0.128. The molecule has 3 nitrogen and oxygen atoms in total. The molecule has 0 radical (unpaired) electrons. The van der Waals surface area contributed by atoms with Crippen LogP contribution in [0.1, 0.15) is 53.9 Å². The van der Waals surface area contributed by atoms with Gasteiger partial charge in [0, 0.05) is 6.04 Å². The Kier molecular flexibility index (Phi) is 3.72. The van der Waals surface area contributed by atoms with Crippen LogP contribution in [0.5, 0.6) is 0 Å². The quantitative estimate of drug-likeness (QED) is 0.796. The Bertz CT molecular complexity index is 359. The fourth-order valence-corrected chi connectivity index (χ4v) is 4.56. The molecule has 2 saturated carbocycles. The van der Waals surface area contributed by atoms with E-state index in [1.165, 1.54) is 26.4 Å². The van der Waals surface area contributed by atoms with Gasteiger partial charge < -0.3 is 10.1 Å². The third-order valence-electron chi connectivity index (χ3n) is 5.74. The van der Waals surface area contributed by atoms with Crippen molar-refractivity contribution in [3.05, 3.63) is 0 Å². The van der Waals surface area contributed by atoms with Crippen LogP contribution in [0.25, 0.3) is 0 Å². The van der Waals surface area contributed by atoms with E-state index in [4.69, 9.17) is 4.74 Å². The highest BCUT2D eigenvalue weighted by molar-refractivity contribution is 5.76. The maximum absolute atomic E-state index is 12.0. The van der Waals surface area contributed by atoms with Gasteiger partial charge in [0.25, 0.3) is 0 Å². The molecule has 2 rings (SSSR count). The summed E-state index contributed by atoms with van der Waals surface area (Å²) >= 11 is 0. The molecule has 0 aromatic carbocycles. The summed E-state index contributed by atoms with van der Waals surface area (Å²) in [6, 6.07) is 0.218. The number of fused-ring (bicyclic) bond motifs is 2. The minimum Gasteiger partial charge on any atom is -0.468 e. The van der Waals surface area contributed by atoms with Crippen LogP contribution < -0.4 is 5.32 Å². The fourth-order valence-electron chi connectivity index (χ4n) is 4.56. The number of carbonyl (C=O) groups excluding carboxylic acids is 1. The van der Waals surface area contributed by atoms with Gasteiger partial charge >= 0.3 is 5.97 Å². The summed E-state index contributed by atoms with van der Waals surface area (Å²) in [7, 11) is 1.48. The molecule has 0 spiro atoms. The first-order valence-corrected chi connectivity index (χ1v) is 7.56. The molecular formula is C16H29NO2. The molecule has 2 aliphatic rings. The van der Waals surface area contributed by atoms with Crippen LogP contribution >= 0.6 is 0 Å². The minimum atomic E-state index is -0.189. The molecule has 0 saturated heterocycles. The Morgan fingerprint density at radius 3 is 2.37 bits per heavy atom. The van der Waals surface area contributed by atoms with Crippen molar-refractivity contribution in [3.8, 4) is 0 Å². The van der Waals surface area contributed by atoms with E-state index in [9.17, 15) is 4.79 Å². The van der Waals surface area contributed by atoms with E-state index in [-0.39, 0.29) is 23.3 Å². The topological polar surface area (TPSA) is 38.3 Å². The summed E-state index contributed by atoms with van der Waals surface area (Å²) in [6.07, 6.45) is 3.92. The van der Waals surface area contributed by atoms with E-state index in [0.717, 1.165) is 5.92 Å². The second kappa shape index (κ2) is 4.76. The number of rotatable bonds is 4. The molecule has 4 atom stereocenters. The number of nitrogens with one attached hydrogen (secondary N) is 1. The zero-order valence-electron chi connectivity index (χ0n) is 13.2. The van der Waals surface area contributed by atoms with Crippen molar-refractivity contribution in [1.82, 2.24) is 5.32 Å². The van der Waals surface area contributed by atoms with Crippen molar-refractivity contribution >= 4 is 5.97 Å². The zero-order valence-corrected chi connectivity index (χ0v) is 13.2. The lowest BCUT2D eigenvalue weighted by molar-refractivity contribution is -0.145. The first kappa shape index (κ1) is 14.8. The first-order valence-electron chi connectivity index (χ1n) is 7.56. The summed E-state index contributed by atoms with van der Waals surface area (Å²) in [5.74, 6) is 0.920. The summed E-state index contributed by atoms with van der Waals surface area (Å²) in [5, 5.41) is 3.65. The van der Waals surface area contributed by atoms with Crippen molar-refractivity contribution in [2.45, 2.75) is 66.0 Å². The number of ether oxygens (including phenoxy) is 1. The normalized spacial score (nSPS) is 37.6. The van der Waals surface area contributed by atoms with Gasteiger partial charge in [0.15, 0.2) is 0 Å². The standard InChI is InChI=1S/C16H29NO2/c1-10(2)12(13(18)19-6)17-14-15(3,4)11-7-8-16(14,5)9-11/h10-12,14,17H,7-9H2,1-6H3/t11?,12-,14?,16?/m0/s1. The van der Waals surface area contributed by atoms with Gasteiger partial charge in [-0.15, -0.1) is 0 Å². The van der Waals surface area contributed by atoms with Crippen molar-refractivity contribution in [1.29, 1.82) is 0 Å². The summed E-state index contributed by atoms with van der Waals surface area (Å²) in [4.78, 5) is 12.0. The third kappa shape index (κ3) is 2.31. The summed E-state index contributed by atoms with van der Waals surface area (Å²) in [5.41, 5.74) is 0.615. The van der Waals surface area contributed by atoms with Crippen molar-refractivity contribution < 1.29 is 9.53 Å². The summed E-state index contributed by atoms with van der Waals surface area (Å²) in [6.45, 7) is 11.3. The predicted molar refractivity (Wildman–Crippen MR) is 76.8 cm³/mol. The van der Waals surface area contributed by atoms with Gasteiger partial charge in [0.2, 0.25) is 0 Å². The zero-order chi connectivity index (χ0) is 14.4. The van der Waals surface area contributed by atoms with Crippen molar-refractivity contribution in [3.63, 3.8) is 0 Å². The lowest BCUT2D eigenvalue weighted by Gasteiger charge is -2.45. The molecule has 0 amide bonds. The van der Waals surface area contributed by atoms with E-state index < -0.39 is 0 Å². The van der Waals surface area contributed by atoms with E-state index in [1.54, 1.807) is 0 Å². The van der Waals surface area contributed by atoms with Crippen LogP contribution in [-0.2, 0) is 9.53 Å². The highest BCUT2D eigenvalue weighted by atomic mass is 16.5. The van der Waals surface area contributed by atoms with Gasteiger partial charge in [-0.25, -0.2) is 0 Å². The Morgan fingerprint density at radius 1 is 1.32 bits per heavy atom. The highest BCUT2D eigenvalue weighted by Crippen LogP contribution is 2.62. The molecular weight excluding hydrogens is 238 g/mol. The van der Waals surface area contributed by atoms with Gasteiger partial charge in [-0.2, -0.15) is 0 Å². The van der Waals surface area contributed by atoms with Gasteiger partial charge in [-0.1, -0.05) is 34.6 Å². The van der Waals surface area contributed by atoms with E-state index in [2.05, 4.69) is 39.9 Å². The Balaban J connectivity index is 2.19. The van der Waals surface area contributed by atoms with E-state index >= 15 is 0 Å². The number of esters is 1. The molecule has 0 aliphatic heterocycles. The number of hydrogen-bond donors (Lipinski definition) is 1. The maximum Gasteiger partial charge on any atom is 0.323 e. The Morgan fingerprint density at radius 2 is 1.95 bits per heavy atom. The molecule has 0 aromatic heterocycles. The SMILES string of the molecule is COC(=O)[C@@H](NC1C2(C)CCC(C2)C1(C)C)C(C)C. The molecule has 2 aliphatic carbocycles. The van der Waals surface area contributed by atoms with Gasteiger partial charge in [-0.05, 0) is 41.9 Å². The Labute approximate surface area is 117 Å². The maximum atomic E-state index is 12.0. The monoisotopic (exact) mass is 267 g/mol. The average Bonchev–Trinajstić information content (AvgIpc) is 2.78. The van der Waals surface area contributed by atoms with Crippen LogP contribution in [0, 0.1) is 22.7 Å². The first-order chi connectivity index (χ1) is 8.72. The average molecular weight is 267 g/mol.